The topological polar surface area (TPSA) is 55.6 Å². The zero-order valence-corrected chi connectivity index (χ0v) is 12.2. The Labute approximate surface area is 111 Å². The molecule has 4 heteroatoms. The molecule has 2 N–H and O–H groups in total. The fraction of sp³-hybridized carbons (Fsp3) is 0.929. The first kappa shape index (κ1) is 15.4. The monoisotopic (exact) mass is 256 g/mol. The molecule has 2 atom stereocenters. The van der Waals surface area contributed by atoms with Crippen molar-refractivity contribution >= 4 is 5.97 Å². The lowest BCUT2D eigenvalue weighted by Crippen LogP contribution is -2.49. The fourth-order valence-electron chi connectivity index (χ4n) is 2.88. The van der Waals surface area contributed by atoms with Crippen LogP contribution in [0.3, 0.4) is 0 Å². The van der Waals surface area contributed by atoms with Crippen LogP contribution < -0.4 is 5.73 Å². The minimum absolute atomic E-state index is 0.138. The van der Waals surface area contributed by atoms with Crippen molar-refractivity contribution in [3.05, 3.63) is 0 Å². The van der Waals surface area contributed by atoms with Crippen LogP contribution >= 0.6 is 0 Å². The van der Waals surface area contributed by atoms with Gasteiger partial charge in [0.1, 0.15) is 0 Å². The van der Waals surface area contributed by atoms with Crippen molar-refractivity contribution in [3.8, 4) is 0 Å². The van der Waals surface area contributed by atoms with Crippen molar-refractivity contribution in [2.24, 2.45) is 17.1 Å². The molecule has 1 heterocycles. The summed E-state index contributed by atoms with van der Waals surface area (Å²) in [6.07, 6.45) is 2.22. The summed E-state index contributed by atoms with van der Waals surface area (Å²) in [5.41, 5.74) is 6.41. The number of carbonyl (C=O) groups is 1. The van der Waals surface area contributed by atoms with Crippen LogP contribution in [0.1, 0.15) is 40.5 Å². The molecular weight excluding hydrogens is 228 g/mol. The summed E-state index contributed by atoms with van der Waals surface area (Å²) in [5.74, 6) is 0.448. The predicted molar refractivity (Wildman–Crippen MR) is 73.2 cm³/mol. The van der Waals surface area contributed by atoms with Crippen molar-refractivity contribution in [1.29, 1.82) is 0 Å². The molecule has 0 saturated carbocycles. The van der Waals surface area contributed by atoms with Crippen molar-refractivity contribution in [2.75, 3.05) is 26.2 Å². The molecule has 0 bridgehead atoms. The van der Waals surface area contributed by atoms with E-state index in [1.807, 2.05) is 6.92 Å². The van der Waals surface area contributed by atoms with Crippen LogP contribution in [-0.2, 0) is 9.53 Å². The number of likely N-dealkylation sites (tertiary alicyclic amines) is 1. The van der Waals surface area contributed by atoms with Crippen LogP contribution in [0.4, 0.5) is 0 Å². The summed E-state index contributed by atoms with van der Waals surface area (Å²) in [6, 6.07) is 0.181. The van der Waals surface area contributed by atoms with Gasteiger partial charge in [-0.25, -0.2) is 0 Å². The van der Waals surface area contributed by atoms with Gasteiger partial charge in [-0.15, -0.1) is 0 Å². The molecule has 1 aliphatic rings. The minimum atomic E-state index is -0.138. The van der Waals surface area contributed by atoms with E-state index in [4.69, 9.17) is 10.5 Å². The van der Waals surface area contributed by atoms with Crippen molar-refractivity contribution < 1.29 is 9.53 Å². The van der Waals surface area contributed by atoms with E-state index in [9.17, 15) is 4.79 Å². The summed E-state index contributed by atoms with van der Waals surface area (Å²) < 4.78 is 4.99. The Kier molecular flexibility index (Phi) is 5.60. The molecule has 0 aromatic rings. The van der Waals surface area contributed by atoms with Crippen LogP contribution in [0.2, 0.25) is 0 Å². The quantitative estimate of drug-likeness (QED) is 0.777. The van der Waals surface area contributed by atoms with Gasteiger partial charge in [0.25, 0.3) is 0 Å². The number of piperidine rings is 1. The normalized spacial score (nSPS) is 26.1. The molecule has 1 saturated heterocycles. The van der Waals surface area contributed by atoms with Gasteiger partial charge in [0, 0.05) is 19.1 Å². The highest BCUT2D eigenvalue weighted by Gasteiger charge is 2.29. The highest BCUT2D eigenvalue weighted by Crippen LogP contribution is 2.29. The van der Waals surface area contributed by atoms with Crippen molar-refractivity contribution in [3.63, 3.8) is 0 Å². The first-order valence-corrected chi connectivity index (χ1v) is 6.93. The van der Waals surface area contributed by atoms with E-state index in [1.165, 1.54) is 0 Å². The molecule has 1 aliphatic heterocycles. The van der Waals surface area contributed by atoms with Gasteiger partial charge in [-0.05, 0) is 31.1 Å². The summed E-state index contributed by atoms with van der Waals surface area (Å²) in [5, 5.41) is 0. The number of hydrogen-bond acceptors (Lipinski definition) is 4. The Morgan fingerprint density at radius 1 is 1.39 bits per heavy atom. The van der Waals surface area contributed by atoms with Gasteiger partial charge in [0.2, 0.25) is 0 Å². The maximum atomic E-state index is 11.5. The Balaban J connectivity index is 2.47. The van der Waals surface area contributed by atoms with Crippen molar-refractivity contribution in [2.45, 2.75) is 46.6 Å². The Hall–Kier alpha value is -0.610. The standard InChI is InChI=1S/C14H28N2O2/c1-5-18-13(17)10-16-8-11(6-12(15)9-16)7-14(2,3)4/h11-12H,5-10,15H2,1-4H3. The van der Waals surface area contributed by atoms with Crippen LogP contribution in [0.15, 0.2) is 0 Å². The predicted octanol–water partition coefficient (Wildman–Crippen LogP) is 1.63. The summed E-state index contributed by atoms with van der Waals surface area (Å²) in [4.78, 5) is 13.6. The fourth-order valence-corrected chi connectivity index (χ4v) is 2.88. The lowest BCUT2D eigenvalue weighted by molar-refractivity contribution is -0.145. The smallest absolute Gasteiger partial charge is 0.320 e. The minimum Gasteiger partial charge on any atom is -0.465 e. The maximum Gasteiger partial charge on any atom is 0.320 e. The highest BCUT2D eigenvalue weighted by atomic mass is 16.5. The van der Waals surface area contributed by atoms with E-state index in [0.29, 0.717) is 24.5 Å². The van der Waals surface area contributed by atoms with E-state index in [2.05, 4.69) is 25.7 Å². The third-order valence-electron chi connectivity index (χ3n) is 3.20. The molecule has 1 rings (SSSR count). The zero-order valence-electron chi connectivity index (χ0n) is 12.2. The van der Waals surface area contributed by atoms with E-state index < -0.39 is 0 Å². The second-order valence-corrected chi connectivity index (χ2v) is 6.63. The van der Waals surface area contributed by atoms with Gasteiger partial charge in [-0.3, -0.25) is 9.69 Å². The van der Waals surface area contributed by atoms with E-state index in [0.717, 1.165) is 25.9 Å². The largest absolute Gasteiger partial charge is 0.465 e. The van der Waals surface area contributed by atoms with E-state index >= 15 is 0 Å². The average molecular weight is 256 g/mol. The first-order valence-electron chi connectivity index (χ1n) is 6.93. The van der Waals surface area contributed by atoms with Crippen LogP contribution in [-0.4, -0.2) is 43.2 Å². The average Bonchev–Trinajstić information content (AvgIpc) is 2.13. The zero-order chi connectivity index (χ0) is 13.8. The van der Waals surface area contributed by atoms with Gasteiger partial charge in [0.15, 0.2) is 0 Å². The SMILES string of the molecule is CCOC(=O)CN1CC(N)CC(CC(C)(C)C)C1. The molecule has 0 aromatic carbocycles. The highest BCUT2D eigenvalue weighted by molar-refractivity contribution is 5.71. The summed E-state index contributed by atoms with van der Waals surface area (Å²) in [6.45, 7) is 11.2. The number of ether oxygens (including phenoxy) is 1. The molecule has 4 nitrogen and oxygen atoms in total. The lowest BCUT2D eigenvalue weighted by Gasteiger charge is -2.38. The number of hydrogen-bond donors (Lipinski definition) is 1. The molecule has 0 radical (unpaired) electrons. The van der Waals surface area contributed by atoms with Gasteiger partial charge >= 0.3 is 5.97 Å². The molecule has 0 aromatic heterocycles. The Bertz CT molecular complexity index is 273. The van der Waals surface area contributed by atoms with E-state index in [1.54, 1.807) is 0 Å². The number of rotatable bonds is 4. The van der Waals surface area contributed by atoms with Crippen LogP contribution in [0.25, 0.3) is 0 Å². The molecule has 18 heavy (non-hydrogen) atoms. The van der Waals surface area contributed by atoms with Crippen molar-refractivity contribution in [1.82, 2.24) is 4.90 Å². The van der Waals surface area contributed by atoms with Gasteiger partial charge in [-0.1, -0.05) is 20.8 Å². The molecule has 106 valence electrons. The molecule has 0 aliphatic carbocycles. The number of esters is 1. The van der Waals surface area contributed by atoms with E-state index in [-0.39, 0.29) is 12.0 Å². The molecule has 0 spiro atoms. The Morgan fingerprint density at radius 2 is 2.06 bits per heavy atom. The second kappa shape index (κ2) is 6.53. The third kappa shape index (κ3) is 5.83. The third-order valence-corrected chi connectivity index (χ3v) is 3.20. The molecule has 2 unspecified atom stereocenters. The van der Waals surface area contributed by atoms with Crippen LogP contribution in [0, 0.1) is 11.3 Å². The molecule has 0 amide bonds. The van der Waals surface area contributed by atoms with Gasteiger partial charge in [-0.2, -0.15) is 0 Å². The van der Waals surface area contributed by atoms with Crippen LogP contribution in [0.5, 0.6) is 0 Å². The number of carbonyl (C=O) groups excluding carboxylic acids is 1. The molecular formula is C14H28N2O2. The second-order valence-electron chi connectivity index (χ2n) is 6.63. The molecule has 1 fully saturated rings. The first-order chi connectivity index (χ1) is 8.30. The number of nitrogens with zero attached hydrogens (tertiary/aromatic N) is 1. The Morgan fingerprint density at radius 3 is 2.61 bits per heavy atom. The summed E-state index contributed by atoms with van der Waals surface area (Å²) >= 11 is 0. The van der Waals surface area contributed by atoms with Gasteiger partial charge < -0.3 is 10.5 Å². The summed E-state index contributed by atoms with van der Waals surface area (Å²) in [7, 11) is 0. The maximum absolute atomic E-state index is 11.5. The van der Waals surface area contributed by atoms with Gasteiger partial charge in [0.05, 0.1) is 13.2 Å². The lowest BCUT2D eigenvalue weighted by atomic mass is 9.80. The number of nitrogens with two attached hydrogens (primary N) is 1.